The second-order valence-corrected chi connectivity index (χ2v) is 7.96. The molecule has 2 aromatic carbocycles. The van der Waals surface area contributed by atoms with E-state index in [1.807, 2.05) is 0 Å². The molecule has 0 saturated heterocycles. The summed E-state index contributed by atoms with van der Waals surface area (Å²) in [7, 11) is 3.55. The van der Waals surface area contributed by atoms with Gasteiger partial charge in [-0.15, -0.1) is 0 Å². The van der Waals surface area contributed by atoms with Gasteiger partial charge in [-0.05, 0) is 38.4 Å². The van der Waals surface area contributed by atoms with Crippen molar-refractivity contribution in [3.63, 3.8) is 0 Å². The van der Waals surface area contributed by atoms with E-state index in [9.17, 15) is 22.8 Å². The molecule has 0 spiro atoms. The van der Waals surface area contributed by atoms with Crippen LogP contribution in [-0.2, 0) is 6.18 Å². The van der Waals surface area contributed by atoms with E-state index in [4.69, 9.17) is 4.74 Å². The number of fused-ring (bicyclic) bond motifs is 2. The average molecular weight is 461 g/mol. The number of amides is 2. The van der Waals surface area contributed by atoms with E-state index in [-0.39, 0.29) is 24.8 Å². The normalized spacial score (nSPS) is 15.8. The molecule has 0 aliphatic carbocycles. The van der Waals surface area contributed by atoms with Gasteiger partial charge in [0.05, 0.1) is 42.2 Å². The molecule has 3 aromatic rings. The zero-order valence-corrected chi connectivity index (χ0v) is 17.9. The van der Waals surface area contributed by atoms with Crippen LogP contribution in [0.25, 0.3) is 10.9 Å². The largest absolute Gasteiger partial charge is 0.493 e. The molecule has 1 aliphatic heterocycles. The number of ether oxygens (including phenoxy) is 1. The van der Waals surface area contributed by atoms with E-state index in [1.54, 1.807) is 37.2 Å². The number of anilines is 1. The van der Waals surface area contributed by atoms with Gasteiger partial charge in [0, 0.05) is 17.4 Å². The van der Waals surface area contributed by atoms with Gasteiger partial charge in [0.1, 0.15) is 5.75 Å². The van der Waals surface area contributed by atoms with Crippen LogP contribution in [0.5, 0.6) is 5.75 Å². The number of rotatable bonds is 4. The Balaban J connectivity index is 1.51. The van der Waals surface area contributed by atoms with Gasteiger partial charge in [-0.2, -0.15) is 23.0 Å². The third kappa shape index (κ3) is 4.77. The number of carbonyl (C=O) groups excluding carboxylic acids is 2. The van der Waals surface area contributed by atoms with E-state index in [2.05, 4.69) is 15.7 Å². The average Bonchev–Trinajstić information content (AvgIpc) is 3.18. The lowest BCUT2D eigenvalue weighted by Gasteiger charge is -2.27. The van der Waals surface area contributed by atoms with Crippen molar-refractivity contribution in [2.45, 2.75) is 18.6 Å². The Kier molecular flexibility index (Phi) is 5.98. The first kappa shape index (κ1) is 22.6. The summed E-state index contributed by atoms with van der Waals surface area (Å²) >= 11 is 0. The SMILES string of the molecule is CN(C)CC(=O)n1ncc2c(NC(=O)NC3CCOc4cc(C(F)(F)F)ccc43)cccc21. The minimum Gasteiger partial charge on any atom is -0.493 e. The van der Waals surface area contributed by atoms with Gasteiger partial charge in [0.15, 0.2) is 0 Å². The maximum atomic E-state index is 13.0. The van der Waals surface area contributed by atoms with Crippen LogP contribution in [0.15, 0.2) is 42.6 Å². The number of likely N-dealkylation sites (N-methyl/N-ethyl adjacent to an activating group) is 1. The number of urea groups is 1. The number of halogens is 3. The predicted molar refractivity (Wildman–Crippen MR) is 115 cm³/mol. The fourth-order valence-corrected chi connectivity index (χ4v) is 3.73. The Hall–Kier alpha value is -3.60. The van der Waals surface area contributed by atoms with E-state index in [1.165, 1.54) is 16.9 Å². The van der Waals surface area contributed by atoms with Crippen LogP contribution >= 0.6 is 0 Å². The lowest BCUT2D eigenvalue weighted by atomic mass is 9.98. The molecule has 11 heteroatoms. The molecule has 0 saturated carbocycles. The Morgan fingerprint density at radius 2 is 2.03 bits per heavy atom. The monoisotopic (exact) mass is 461 g/mol. The van der Waals surface area contributed by atoms with Crippen LogP contribution < -0.4 is 15.4 Å². The third-order valence-corrected chi connectivity index (χ3v) is 5.24. The number of carbonyl (C=O) groups is 2. The number of hydrogen-bond acceptors (Lipinski definition) is 5. The number of aromatic nitrogens is 2. The van der Waals surface area contributed by atoms with Gasteiger partial charge >= 0.3 is 12.2 Å². The van der Waals surface area contributed by atoms with Crippen LogP contribution in [0, 0.1) is 0 Å². The fraction of sp³-hybridized carbons (Fsp3) is 0.318. The molecule has 0 radical (unpaired) electrons. The summed E-state index contributed by atoms with van der Waals surface area (Å²) < 4.78 is 45.6. The van der Waals surface area contributed by atoms with E-state index in [0.717, 1.165) is 12.1 Å². The second kappa shape index (κ2) is 8.74. The Morgan fingerprint density at radius 1 is 1.24 bits per heavy atom. The molecule has 0 bridgehead atoms. The van der Waals surface area contributed by atoms with E-state index < -0.39 is 23.8 Å². The summed E-state index contributed by atoms with van der Waals surface area (Å²) in [4.78, 5) is 26.8. The maximum Gasteiger partial charge on any atom is 0.416 e. The number of hydrogen-bond donors (Lipinski definition) is 2. The molecule has 0 fully saturated rings. The number of nitrogens with zero attached hydrogens (tertiary/aromatic N) is 3. The van der Waals surface area contributed by atoms with Crippen LogP contribution in [0.1, 0.15) is 28.4 Å². The Labute approximate surface area is 187 Å². The first-order chi connectivity index (χ1) is 15.6. The van der Waals surface area contributed by atoms with Gasteiger partial charge in [0.2, 0.25) is 0 Å². The van der Waals surface area contributed by atoms with Crippen LogP contribution in [0.4, 0.5) is 23.7 Å². The number of nitrogens with one attached hydrogen (secondary N) is 2. The number of benzene rings is 2. The van der Waals surface area contributed by atoms with Crippen LogP contribution in [0.2, 0.25) is 0 Å². The summed E-state index contributed by atoms with van der Waals surface area (Å²) in [5.74, 6) is -0.113. The van der Waals surface area contributed by atoms with E-state index in [0.29, 0.717) is 28.6 Å². The van der Waals surface area contributed by atoms with Crippen molar-refractivity contribution in [2.75, 3.05) is 32.6 Å². The van der Waals surface area contributed by atoms with E-state index >= 15 is 0 Å². The smallest absolute Gasteiger partial charge is 0.416 e. The fourth-order valence-electron chi connectivity index (χ4n) is 3.73. The zero-order valence-electron chi connectivity index (χ0n) is 17.9. The van der Waals surface area contributed by atoms with Crippen molar-refractivity contribution in [3.8, 4) is 5.75 Å². The Bertz CT molecular complexity index is 1210. The molecule has 4 rings (SSSR count). The molecule has 2 heterocycles. The first-order valence-electron chi connectivity index (χ1n) is 10.2. The summed E-state index contributed by atoms with van der Waals surface area (Å²) in [5, 5.41) is 10.3. The summed E-state index contributed by atoms with van der Waals surface area (Å²) in [6.07, 6.45) is -2.57. The summed E-state index contributed by atoms with van der Waals surface area (Å²) in [6, 6.07) is 7.29. The maximum absolute atomic E-state index is 13.0. The van der Waals surface area contributed by atoms with Gasteiger partial charge in [0.25, 0.3) is 5.91 Å². The summed E-state index contributed by atoms with van der Waals surface area (Å²) in [6.45, 7) is 0.351. The van der Waals surface area contributed by atoms with Gasteiger partial charge in [-0.25, -0.2) is 4.79 Å². The van der Waals surface area contributed by atoms with Gasteiger partial charge < -0.3 is 20.3 Å². The highest BCUT2D eigenvalue weighted by atomic mass is 19.4. The predicted octanol–water partition coefficient (Wildman–Crippen LogP) is 3.90. The van der Waals surface area contributed by atoms with Crippen molar-refractivity contribution >= 4 is 28.5 Å². The lowest BCUT2D eigenvalue weighted by Crippen LogP contribution is -2.35. The first-order valence-corrected chi connectivity index (χ1v) is 10.2. The molecule has 33 heavy (non-hydrogen) atoms. The molecule has 8 nitrogen and oxygen atoms in total. The minimum absolute atomic E-state index is 0.101. The standard InChI is InChI=1S/C22H22F3N5O3/c1-29(2)12-20(31)30-18-5-3-4-16(15(18)11-26-30)27-21(32)28-17-8-9-33-19-10-13(22(23,24)25)6-7-14(17)19/h3-7,10-11,17H,8-9,12H2,1-2H3,(H2,27,28,32). The van der Waals surface area contributed by atoms with Gasteiger partial charge in [-0.1, -0.05) is 12.1 Å². The van der Waals surface area contributed by atoms with Crippen molar-refractivity contribution < 1.29 is 27.5 Å². The molecule has 2 amide bonds. The van der Waals surface area contributed by atoms with Crippen molar-refractivity contribution in [1.29, 1.82) is 0 Å². The minimum atomic E-state index is -4.48. The highest BCUT2D eigenvalue weighted by Gasteiger charge is 2.33. The molecule has 174 valence electrons. The topological polar surface area (TPSA) is 88.5 Å². The third-order valence-electron chi connectivity index (χ3n) is 5.24. The van der Waals surface area contributed by atoms with Crippen LogP contribution in [0.3, 0.4) is 0 Å². The molecular formula is C22H22F3N5O3. The zero-order chi connectivity index (χ0) is 23.8. The van der Waals surface area contributed by atoms with Crippen molar-refractivity contribution in [2.24, 2.45) is 0 Å². The molecular weight excluding hydrogens is 439 g/mol. The van der Waals surface area contributed by atoms with Crippen molar-refractivity contribution in [1.82, 2.24) is 20.0 Å². The number of alkyl halides is 3. The molecule has 2 N–H and O–H groups in total. The summed E-state index contributed by atoms with van der Waals surface area (Å²) in [5.41, 5.74) is 0.674. The van der Waals surface area contributed by atoms with Crippen molar-refractivity contribution in [3.05, 3.63) is 53.7 Å². The molecule has 1 aliphatic rings. The highest BCUT2D eigenvalue weighted by molar-refractivity contribution is 6.03. The lowest BCUT2D eigenvalue weighted by molar-refractivity contribution is -0.137. The highest BCUT2D eigenvalue weighted by Crippen LogP contribution is 2.38. The Morgan fingerprint density at radius 3 is 2.76 bits per heavy atom. The molecule has 1 aromatic heterocycles. The van der Waals surface area contributed by atoms with Crippen LogP contribution in [-0.4, -0.2) is 53.9 Å². The van der Waals surface area contributed by atoms with Gasteiger partial charge in [-0.3, -0.25) is 4.79 Å². The second-order valence-electron chi connectivity index (χ2n) is 7.96. The molecule has 1 atom stereocenters. The quantitative estimate of drug-likeness (QED) is 0.615. The molecule has 1 unspecified atom stereocenters.